The van der Waals surface area contributed by atoms with Gasteiger partial charge in [0.05, 0.1) is 37.6 Å². The van der Waals surface area contributed by atoms with Crippen LogP contribution in [-0.4, -0.2) is 65.5 Å². The lowest BCUT2D eigenvalue weighted by Gasteiger charge is -2.40. The highest BCUT2D eigenvalue weighted by Crippen LogP contribution is 2.43. The molecule has 3 aliphatic rings. The standard InChI is InChI=1S/C23H31ClN4OS.C23H28ClN3OS.C2H6/c1-14-19(22(29)27-17-7-10-25-18(13-17)30-6)21(26-15(2)20(14)24)28-11-8-16(9-12-28)23(3,4)5;1-14-20(23(28)26-18-5-4-6-19(13-18)29-3)22(25-15(2)21(14)24)27-11-9-17(10-12-27)16-7-8-16;1-2/h7,10,13,16H,8-9,11-12H2,1-6H3,(H,25,27,29);4-6,13,16-17H,7-12H2,1-3H3,(H,26,28);1-2H3. The van der Waals surface area contributed by atoms with E-state index < -0.39 is 0 Å². The molecule has 0 spiro atoms. The molecule has 0 bridgehead atoms. The minimum Gasteiger partial charge on any atom is -0.356 e. The average Bonchev–Trinajstić information content (AvgIpc) is 4.11. The molecule has 13 heteroatoms. The fraction of sp³-hybridized carbons (Fsp3) is 0.521. The molecule has 0 unspecified atom stereocenters. The Labute approximate surface area is 383 Å². The Hall–Kier alpha value is -3.51. The maximum Gasteiger partial charge on any atom is 0.259 e. The van der Waals surface area contributed by atoms with E-state index in [2.05, 4.69) is 46.2 Å². The Balaban J connectivity index is 0.000000222. The number of piperidine rings is 2. The van der Waals surface area contributed by atoms with E-state index in [1.807, 2.05) is 84.4 Å². The van der Waals surface area contributed by atoms with Gasteiger partial charge in [-0.05, 0) is 143 Å². The van der Waals surface area contributed by atoms with Gasteiger partial charge in [-0.3, -0.25) is 9.59 Å². The summed E-state index contributed by atoms with van der Waals surface area (Å²) in [5, 5.41) is 8.05. The van der Waals surface area contributed by atoms with Gasteiger partial charge in [-0.15, -0.1) is 23.5 Å². The summed E-state index contributed by atoms with van der Waals surface area (Å²) in [5.74, 6) is 3.62. The number of nitrogens with one attached hydrogen (secondary N) is 2. The number of benzene rings is 1. The summed E-state index contributed by atoms with van der Waals surface area (Å²) in [7, 11) is 0. The van der Waals surface area contributed by atoms with Crippen molar-refractivity contribution in [2.75, 3.05) is 59.1 Å². The Bertz CT molecular complexity index is 2160. The third-order valence-corrected chi connectivity index (χ3v) is 14.6. The Morgan fingerprint density at radius 1 is 0.689 bits per heavy atom. The van der Waals surface area contributed by atoms with Crippen LogP contribution in [-0.2, 0) is 0 Å². The minimum atomic E-state index is -0.187. The van der Waals surface area contributed by atoms with E-state index in [9.17, 15) is 9.59 Å². The van der Waals surface area contributed by atoms with Crippen molar-refractivity contribution in [3.05, 3.63) is 86.3 Å². The molecule has 5 heterocycles. The summed E-state index contributed by atoms with van der Waals surface area (Å²) in [6.45, 7) is 22.2. The molecule has 2 aliphatic heterocycles. The lowest BCUT2D eigenvalue weighted by Crippen LogP contribution is -2.39. The van der Waals surface area contributed by atoms with Crippen molar-refractivity contribution in [3.63, 3.8) is 0 Å². The van der Waals surface area contributed by atoms with Gasteiger partial charge in [0, 0.05) is 48.6 Å². The summed E-state index contributed by atoms with van der Waals surface area (Å²) in [4.78, 5) is 46.1. The summed E-state index contributed by atoms with van der Waals surface area (Å²) in [6.07, 6.45) is 13.0. The zero-order chi connectivity index (χ0) is 44.6. The molecular weight excluding hydrogens is 842 g/mol. The number of rotatable bonds is 9. The molecule has 9 nitrogen and oxygen atoms in total. The first kappa shape index (κ1) is 48.5. The van der Waals surface area contributed by atoms with Gasteiger partial charge in [-0.25, -0.2) is 15.0 Å². The Kier molecular flexibility index (Phi) is 17.3. The highest BCUT2D eigenvalue weighted by molar-refractivity contribution is 7.98. The van der Waals surface area contributed by atoms with Gasteiger partial charge in [0.1, 0.15) is 11.6 Å². The second-order valence-electron chi connectivity index (χ2n) is 17.2. The van der Waals surface area contributed by atoms with Crippen molar-refractivity contribution in [1.82, 2.24) is 15.0 Å². The quantitative estimate of drug-likeness (QED) is 0.159. The number of carbonyl (C=O) groups is 2. The van der Waals surface area contributed by atoms with Crippen LogP contribution in [0, 0.1) is 50.9 Å². The van der Waals surface area contributed by atoms with Crippen molar-refractivity contribution < 1.29 is 9.59 Å². The number of halogens is 2. The molecular formula is C48H65Cl2N7O2S2. The zero-order valence-electron chi connectivity index (χ0n) is 38.0. The van der Waals surface area contributed by atoms with Crippen LogP contribution < -0.4 is 20.4 Å². The molecule has 61 heavy (non-hydrogen) atoms. The zero-order valence-corrected chi connectivity index (χ0v) is 41.1. The Morgan fingerprint density at radius 2 is 1.16 bits per heavy atom. The van der Waals surface area contributed by atoms with Crippen LogP contribution in [0.2, 0.25) is 10.0 Å². The molecule has 3 aromatic heterocycles. The number of hydrogen-bond acceptors (Lipinski definition) is 9. The number of hydrogen-bond donors (Lipinski definition) is 2. The number of aryl methyl sites for hydroxylation is 2. The van der Waals surface area contributed by atoms with Crippen LogP contribution in [0.15, 0.2) is 52.5 Å². The lowest BCUT2D eigenvalue weighted by molar-refractivity contribution is 0.101. The number of anilines is 4. The van der Waals surface area contributed by atoms with Gasteiger partial charge < -0.3 is 20.4 Å². The van der Waals surface area contributed by atoms with Crippen LogP contribution in [0.4, 0.5) is 23.0 Å². The van der Waals surface area contributed by atoms with E-state index >= 15 is 0 Å². The van der Waals surface area contributed by atoms with E-state index in [4.69, 9.17) is 33.2 Å². The average molecular weight is 907 g/mol. The third-order valence-electron chi connectivity index (χ3n) is 12.2. The van der Waals surface area contributed by atoms with E-state index in [1.54, 1.807) is 24.0 Å². The number of aromatic nitrogens is 3. The van der Waals surface area contributed by atoms with Gasteiger partial charge in [0.25, 0.3) is 11.8 Å². The van der Waals surface area contributed by atoms with E-state index in [0.717, 1.165) is 101 Å². The molecule has 330 valence electrons. The van der Waals surface area contributed by atoms with E-state index in [-0.39, 0.29) is 11.8 Å². The van der Waals surface area contributed by atoms with Crippen molar-refractivity contribution in [3.8, 4) is 0 Å². The van der Waals surface area contributed by atoms with Crippen molar-refractivity contribution >= 4 is 81.6 Å². The van der Waals surface area contributed by atoms with Gasteiger partial charge in [-0.2, -0.15) is 0 Å². The van der Waals surface area contributed by atoms with Gasteiger partial charge in [0.2, 0.25) is 0 Å². The molecule has 0 radical (unpaired) electrons. The fourth-order valence-corrected chi connectivity index (χ4v) is 9.57. The largest absolute Gasteiger partial charge is 0.356 e. The smallest absolute Gasteiger partial charge is 0.259 e. The maximum absolute atomic E-state index is 13.3. The third kappa shape index (κ3) is 12.2. The summed E-state index contributed by atoms with van der Waals surface area (Å²) < 4.78 is 0. The summed E-state index contributed by atoms with van der Waals surface area (Å²) in [6, 6.07) is 11.6. The second-order valence-corrected chi connectivity index (χ2v) is 19.6. The van der Waals surface area contributed by atoms with Crippen LogP contribution in [0.3, 0.4) is 0 Å². The van der Waals surface area contributed by atoms with Crippen molar-refractivity contribution in [2.45, 2.75) is 111 Å². The van der Waals surface area contributed by atoms with Crippen LogP contribution in [0.25, 0.3) is 0 Å². The molecule has 3 fully saturated rings. The molecule has 2 saturated heterocycles. The van der Waals surface area contributed by atoms with Crippen LogP contribution in [0.1, 0.15) is 116 Å². The molecule has 4 aromatic rings. The number of nitrogens with zero attached hydrogens (tertiary/aromatic N) is 5. The van der Waals surface area contributed by atoms with Crippen molar-refractivity contribution in [2.24, 2.45) is 23.2 Å². The predicted octanol–water partition coefficient (Wildman–Crippen LogP) is 13.0. The molecule has 2 N–H and O–H groups in total. The van der Waals surface area contributed by atoms with Gasteiger partial charge in [0.15, 0.2) is 0 Å². The molecule has 2 amide bonds. The van der Waals surface area contributed by atoms with Crippen LogP contribution >= 0.6 is 46.7 Å². The number of carbonyl (C=O) groups excluding carboxylic acids is 2. The molecule has 1 aromatic carbocycles. The predicted molar refractivity (Wildman–Crippen MR) is 261 cm³/mol. The number of thioether (sulfide) groups is 2. The Morgan fingerprint density at radius 3 is 1.62 bits per heavy atom. The van der Waals surface area contributed by atoms with E-state index in [1.165, 1.54) is 37.4 Å². The topological polar surface area (TPSA) is 103 Å². The fourth-order valence-electron chi connectivity index (χ4n) is 8.42. The van der Waals surface area contributed by atoms with Gasteiger partial charge >= 0.3 is 0 Å². The number of amides is 2. The molecule has 1 aliphatic carbocycles. The highest BCUT2D eigenvalue weighted by atomic mass is 35.5. The summed E-state index contributed by atoms with van der Waals surface area (Å²) >= 11 is 16.2. The second kappa shape index (κ2) is 21.7. The molecule has 7 rings (SSSR count). The van der Waals surface area contributed by atoms with Gasteiger partial charge in [-0.1, -0.05) is 63.9 Å². The first-order valence-electron chi connectivity index (χ1n) is 21.7. The first-order chi connectivity index (χ1) is 29.1. The molecule has 0 atom stereocenters. The molecule has 1 saturated carbocycles. The highest BCUT2D eigenvalue weighted by Gasteiger charge is 2.35. The normalized spacial score (nSPS) is 16.0. The minimum absolute atomic E-state index is 0.144. The first-order valence-corrected chi connectivity index (χ1v) is 24.9. The lowest BCUT2D eigenvalue weighted by atomic mass is 9.75. The maximum atomic E-state index is 13.3. The van der Waals surface area contributed by atoms with Crippen LogP contribution in [0.5, 0.6) is 0 Å². The van der Waals surface area contributed by atoms with E-state index in [0.29, 0.717) is 38.2 Å². The SMILES string of the molecule is CC.CSc1cc(NC(=O)c2c(N3CCC(C(C)(C)C)CC3)nc(C)c(Cl)c2C)ccn1.CSc1cccc(NC(=O)c2c(N3CCC(C4CC4)CC3)nc(C)c(Cl)c2C)c1. The number of pyridine rings is 3. The van der Waals surface area contributed by atoms with Crippen molar-refractivity contribution in [1.29, 1.82) is 0 Å². The monoisotopic (exact) mass is 905 g/mol. The summed E-state index contributed by atoms with van der Waals surface area (Å²) in [5.41, 5.74) is 6.07.